The minimum atomic E-state index is 0.139. The van der Waals surface area contributed by atoms with E-state index in [-0.39, 0.29) is 6.61 Å². The lowest BCUT2D eigenvalue weighted by molar-refractivity contribution is 0.342. The van der Waals surface area contributed by atoms with Gasteiger partial charge in [-0.3, -0.25) is 0 Å². The first kappa shape index (κ1) is 11.3. The average Bonchev–Trinajstić information content (AvgIpc) is 2.17. The van der Waals surface area contributed by atoms with Gasteiger partial charge in [-0.15, -0.1) is 11.8 Å². The Kier molecular flexibility index (Phi) is 4.77. The van der Waals surface area contributed by atoms with E-state index in [1.807, 2.05) is 13.0 Å². The smallest absolute Gasteiger partial charge is 0.0615 e. The highest BCUT2D eigenvalue weighted by atomic mass is 32.2. The summed E-state index contributed by atoms with van der Waals surface area (Å²) in [5.41, 5.74) is 2.51. The topological polar surface area (TPSA) is 20.2 Å². The molecule has 1 rings (SSSR count). The molecule has 0 heterocycles. The fourth-order valence-electron chi connectivity index (χ4n) is 1.05. The Morgan fingerprint density at radius 1 is 1.36 bits per heavy atom. The minimum absolute atomic E-state index is 0.139. The lowest BCUT2D eigenvalue weighted by atomic mass is 10.2. The van der Waals surface area contributed by atoms with Crippen LogP contribution in [-0.2, 0) is 0 Å². The molecule has 0 aliphatic rings. The van der Waals surface area contributed by atoms with Gasteiger partial charge in [0.05, 0.1) is 6.61 Å². The van der Waals surface area contributed by atoms with Gasteiger partial charge in [0.15, 0.2) is 0 Å². The molecule has 0 aromatic heterocycles. The van der Waals surface area contributed by atoms with Gasteiger partial charge in [-0.2, -0.15) is 0 Å². The van der Waals surface area contributed by atoms with Crippen LogP contribution in [0.2, 0.25) is 0 Å². The number of hydrogen-bond acceptors (Lipinski definition) is 2. The van der Waals surface area contributed by atoms with E-state index in [1.54, 1.807) is 11.8 Å². The van der Waals surface area contributed by atoms with Crippen molar-refractivity contribution in [1.29, 1.82) is 0 Å². The molecule has 1 aromatic carbocycles. The molecule has 2 heteroatoms. The summed E-state index contributed by atoms with van der Waals surface area (Å²) >= 11 is 1.80. The van der Waals surface area contributed by atoms with Gasteiger partial charge in [0.2, 0.25) is 0 Å². The van der Waals surface area contributed by atoms with E-state index in [9.17, 15) is 0 Å². The van der Waals surface area contributed by atoms with Gasteiger partial charge in [-0.1, -0.05) is 29.3 Å². The third-order valence-corrected chi connectivity index (χ3v) is 3.13. The largest absolute Gasteiger partial charge is 0.392 e. The second kappa shape index (κ2) is 5.89. The predicted octanol–water partition coefficient (Wildman–Crippen LogP) is 3.03. The number of thioether (sulfide) groups is 1. The Labute approximate surface area is 89.8 Å². The summed E-state index contributed by atoms with van der Waals surface area (Å²) in [4.78, 5) is 1.28. The standard InChI is InChI=1S/C12H16OS/c1-10-3-5-12(6-4-10)14-9-11(2)7-8-13/h3-7,13H,8-9H2,1-2H3/b11-7+. The zero-order valence-corrected chi connectivity index (χ0v) is 9.47. The predicted molar refractivity (Wildman–Crippen MR) is 62.7 cm³/mol. The summed E-state index contributed by atoms with van der Waals surface area (Å²) in [5, 5.41) is 8.68. The Morgan fingerprint density at radius 3 is 2.57 bits per heavy atom. The molecule has 0 fully saturated rings. The first-order valence-corrected chi connectivity index (χ1v) is 5.67. The van der Waals surface area contributed by atoms with E-state index in [2.05, 4.69) is 31.2 Å². The molecule has 0 aliphatic heterocycles. The van der Waals surface area contributed by atoms with E-state index >= 15 is 0 Å². The molecule has 0 spiro atoms. The number of rotatable bonds is 4. The van der Waals surface area contributed by atoms with Crippen LogP contribution in [0.3, 0.4) is 0 Å². The second-order valence-electron chi connectivity index (χ2n) is 3.33. The fourth-order valence-corrected chi connectivity index (χ4v) is 1.89. The number of hydrogen-bond donors (Lipinski definition) is 1. The Morgan fingerprint density at radius 2 is 2.00 bits per heavy atom. The first-order chi connectivity index (χ1) is 6.72. The molecule has 1 N–H and O–H groups in total. The maximum absolute atomic E-state index is 8.68. The quantitative estimate of drug-likeness (QED) is 0.606. The van der Waals surface area contributed by atoms with Gasteiger partial charge in [-0.25, -0.2) is 0 Å². The maximum atomic E-state index is 8.68. The molecule has 0 bridgehead atoms. The molecule has 0 amide bonds. The fraction of sp³-hybridized carbons (Fsp3) is 0.333. The third-order valence-electron chi connectivity index (χ3n) is 1.93. The molecule has 76 valence electrons. The molecular weight excluding hydrogens is 192 g/mol. The molecular formula is C12H16OS. The van der Waals surface area contributed by atoms with Crippen molar-refractivity contribution < 1.29 is 5.11 Å². The van der Waals surface area contributed by atoms with Gasteiger partial charge in [0, 0.05) is 10.6 Å². The van der Waals surface area contributed by atoms with Crippen LogP contribution in [0.5, 0.6) is 0 Å². The molecule has 0 saturated heterocycles. The van der Waals surface area contributed by atoms with E-state index in [0.29, 0.717) is 0 Å². The highest BCUT2D eigenvalue weighted by Gasteiger charge is 1.94. The molecule has 0 saturated carbocycles. The van der Waals surface area contributed by atoms with Gasteiger partial charge in [0.1, 0.15) is 0 Å². The summed E-state index contributed by atoms with van der Waals surface area (Å²) in [6.45, 7) is 4.27. The molecule has 1 aromatic rings. The summed E-state index contributed by atoms with van der Waals surface area (Å²) in [6.07, 6.45) is 1.85. The van der Waals surface area contributed by atoms with Crippen molar-refractivity contribution in [3.8, 4) is 0 Å². The van der Waals surface area contributed by atoms with Crippen molar-refractivity contribution in [2.24, 2.45) is 0 Å². The lowest BCUT2D eigenvalue weighted by Gasteiger charge is -2.02. The highest BCUT2D eigenvalue weighted by molar-refractivity contribution is 7.99. The monoisotopic (exact) mass is 208 g/mol. The van der Waals surface area contributed by atoms with Crippen LogP contribution in [0.4, 0.5) is 0 Å². The van der Waals surface area contributed by atoms with Gasteiger partial charge < -0.3 is 5.11 Å². The van der Waals surface area contributed by atoms with Crippen LogP contribution in [-0.4, -0.2) is 17.5 Å². The van der Waals surface area contributed by atoms with Gasteiger partial charge >= 0.3 is 0 Å². The second-order valence-corrected chi connectivity index (χ2v) is 4.38. The van der Waals surface area contributed by atoms with Crippen molar-refractivity contribution in [2.75, 3.05) is 12.4 Å². The Balaban J connectivity index is 2.46. The normalized spacial score (nSPS) is 11.8. The van der Waals surface area contributed by atoms with E-state index < -0.39 is 0 Å². The van der Waals surface area contributed by atoms with Crippen LogP contribution in [0.1, 0.15) is 12.5 Å². The number of aliphatic hydroxyl groups is 1. The van der Waals surface area contributed by atoms with Gasteiger partial charge in [-0.05, 0) is 26.0 Å². The molecule has 0 radical (unpaired) electrons. The van der Waals surface area contributed by atoms with Crippen molar-refractivity contribution in [2.45, 2.75) is 18.7 Å². The van der Waals surface area contributed by atoms with Crippen molar-refractivity contribution in [3.05, 3.63) is 41.5 Å². The van der Waals surface area contributed by atoms with Crippen LogP contribution in [0.25, 0.3) is 0 Å². The van der Waals surface area contributed by atoms with Crippen LogP contribution in [0, 0.1) is 6.92 Å². The van der Waals surface area contributed by atoms with Crippen LogP contribution >= 0.6 is 11.8 Å². The van der Waals surface area contributed by atoms with Crippen molar-refractivity contribution in [1.82, 2.24) is 0 Å². The average molecular weight is 208 g/mol. The number of aryl methyl sites for hydroxylation is 1. The third kappa shape index (κ3) is 3.99. The molecule has 14 heavy (non-hydrogen) atoms. The van der Waals surface area contributed by atoms with Crippen LogP contribution in [0.15, 0.2) is 40.8 Å². The van der Waals surface area contributed by atoms with E-state index in [1.165, 1.54) is 16.0 Å². The Hall–Kier alpha value is -0.730. The zero-order valence-electron chi connectivity index (χ0n) is 8.66. The summed E-state index contributed by atoms with van der Waals surface area (Å²) in [6, 6.07) is 8.50. The minimum Gasteiger partial charge on any atom is -0.392 e. The van der Waals surface area contributed by atoms with Gasteiger partial charge in [0.25, 0.3) is 0 Å². The summed E-state index contributed by atoms with van der Waals surface area (Å²) in [7, 11) is 0. The number of benzene rings is 1. The van der Waals surface area contributed by atoms with E-state index in [0.717, 1.165) is 5.75 Å². The first-order valence-electron chi connectivity index (χ1n) is 4.68. The number of aliphatic hydroxyl groups excluding tert-OH is 1. The SMILES string of the molecule is C/C(=C\CO)CSc1ccc(C)cc1. The van der Waals surface area contributed by atoms with Crippen molar-refractivity contribution in [3.63, 3.8) is 0 Å². The molecule has 1 nitrogen and oxygen atoms in total. The molecule has 0 unspecified atom stereocenters. The Bertz CT molecular complexity index is 301. The summed E-state index contributed by atoms with van der Waals surface area (Å²) in [5.74, 6) is 0.948. The lowest BCUT2D eigenvalue weighted by Crippen LogP contribution is -1.84. The zero-order chi connectivity index (χ0) is 10.4. The summed E-state index contributed by atoms with van der Waals surface area (Å²) < 4.78 is 0. The maximum Gasteiger partial charge on any atom is 0.0615 e. The highest BCUT2D eigenvalue weighted by Crippen LogP contribution is 2.20. The molecule has 0 atom stereocenters. The van der Waals surface area contributed by atoms with Crippen molar-refractivity contribution >= 4 is 11.8 Å². The van der Waals surface area contributed by atoms with Crippen LogP contribution < -0.4 is 0 Å². The molecule has 0 aliphatic carbocycles. The van der Waals surface area contributed by atoms with E-state index in [4.69, 9.17) is 5.11 Å².